The van der Waals surface area contributed by atoms with Crippen LogP contribution in [0.3, 0.4) is 0 Å². The lowest BCUT2D eigenvalue weighted by Gasteiger charge is -2.02. The largest absolute Gasteiger partial charge is 1.00 e. The molecule has 5 aromatic carbocycles. The number of rotatable bonds is 7. The molecule has 0 atom stereocenters. The van der Waals surface area contributed by atoms with E-state index in [1.54, 1.807) is 0 Å². The van der Waals surface area contributed by atoms with Gasteiger partial charge in [-0.05, 0) is 59.3 Å². The number of carbonyl (C=O) groups excluding carboxylic acids is 1. The Morgan fingerprint density at radius 3 is 1.93 bits per heavy atom. The fourth-order valence-electron chi connectivity index (χ4n) is 5.86. The second kappa shape index (κ2) is 11.5. The quantitative estimate of drug-likeness (QED) is 0.169. The average molecular weight is 640 g/mol. The maximum absolute atomic E-state index is 13.5. The third-order valence-corrected chi connectivity index (χ3v) is 8.04. The van der Waals surface area contributed by atoms with Gasteiger partial charge in [0.15, 0.2) is 17.6 Å². The number of hydrogen-bond acceptors (Lipinski definition) is 3. The van der Waals surface area contributed by atoms with Crippen molar-refractivity contribution < 1.29 is 35.2 Å². The second-order valence-electron chi connectivity index (χ2n) is 10.8. The van der Waals surface area contributed by atoms with Gasteiger partial charge in [-0.2, -0.15) is 0 Å². The number of hydrogen-bond donors (Lipinski definition) is 0. The standard InChI is InChI=1S/C38H27N2O3.BrH/c41-34(28-18-17-26-9-1-2-10-27(26)21-28)24-40-25-39(32-13-5-6-14-33(32)40)20-19-31(37-22-29-11-3-7-15-35(29)42-37)38-23-30-12-4-8-16-36(30)43-38;/h1-19,21-23,25H,20,24H2;1H/q+1;/p-1. The van der Waals surface area contributed by atoms with Gasteiger partial charge in [-0.3, -0.25) is 4.79 Å². The van der Waals surface area contributed by atoms with E-state index in [0.717, 1.165) is 60.8 Å². The molecule has 44 heavy (non-hydrogen) atoms. The molecule has 0 aliphatic rings. The molecular formula is C38H27BrN2O3. The number of imidazole rings is 1. The number of furan rings is 2. The molecule has 214 valence electrons. The lowest BCUT2D eigenvalue weighted by atomic mass is 10.0. The van der Waals surface area contributed by atoms with Crippen LogP contribution in [0, 0.1) is 0 Å². The highest BCUT2D eigenvalue weighted by Crippen LogP contribution is 2.33. The molecule has 0 saturated heterocycles. The van der Waals surface area contributed by atoms with E-state index in [1.807, 2.05) is 108 Å². The zero-order valence-corrected chi connectivity index (χ0v) is 25.3. The molecule has 8 rings (SSSR count). The van der Waals surface area contributed by atoms with E-state index in [0.29, 0.717) is 12.1 Å². The first-order valence-corrected chi connectivity index (χ1v) is 14.4. The number of para-hydroxylation sites is 4. The Morgan fingerprint density at radius 2 is 1.25 bits per heavy atom. The van der Waals surface area contributed by atoms with Crippen LogP contribution >= 0.6 is 0 Å². The zero-order valence-electron chi connectivity index (χ0n) is 23.7. The van der Waals surface area contributed by atoms with Crippen LogP contribution in [-0.2, 0) is 13.1 Å². The highest BCUT2D eigenvalue weighted by atomic mass is 79.9. The monoisotopic (exact) mass is 638 g/mol. The van der Waals surface area contributed by atoms with E-state index >= 15 is 0 Å². The minimum Gasteiger partial charge on any atom is -1.00 e. The summed E-state index contributed by atoms with van der Waals surface area (Å²) in [6.07, 6.45) is 4.16. The maximum Gasteiger partial charge on any atom is 0.245 e. The van der Waals surface area contributed by atoms with Gasteiger partial charge in [0, 0.05) is 16.3 Å². The average Bonchev–Trinajstić information content (AvgIpc) is 3.76. The Balaban J connectivity index is 0.00000312. The second-order valence-corrected chi connectivity index (χ2v) is 10.8. The molecule has 0 aliphatic carbocycles. The van der Waals surface area contributed by atoms with E-state index in [4.69, 9.17) is 8.83 Å². The molecule has 0 radical (unpaired) electrons. The van der Waals surface area contributed by atoms with Crippen LogP contribution in [0.5, 0.6) is 0 Å². The number of benzene rings is 5. The molecule has 0 amide bonds. The lowest BCUT2D eigenvalue weighted by Crippen LogP contribution is -3.00. The third kappa shape index (κ3) is 5.03. The highest BCUT2D eigenvalue weighted by Gasteiger charge is 2.20. The Bertz CT molecular complexity index is 2200. The van der Waals surface area contributed by atoms with Gasteiger partial charge in [0.05, 0.1) is 5.57 Å². The normalized spacial score (nSPS) is 11.3. The molecule has 3 heterocycles. The summed E-state index contributed by atoms with van der Waals surface area (Å²) in [7, 11) is 0. The summed E-state index contributed by atoms with van der Waals surface area (Å²) in [4.78, 5) is 13.5. The molecule has 0 unspecified atom stereocenters. The third-order valence-electron chi connectivity index (χ3n) is 8.04. The fraction of sp³-hybridized carbons (Fsp3) is 0.0526. The summed E-state index contributed by atoms with van der Waals surface area (Å²) in [5.41, 5.74) is 5.29. The summed E-state index contributed by atoms with van der Waals surface area (Å²) in [6, 6.07) is 42.3. The minimum absolute atomic E-state index is 0. The topological polar surface area (TPSA) is 52.2 Å². The zero-order chi connectivity index (χ0) is 28.8. The number of Topliss-reactive ketones (excluding diaryl/α,β-unsaturated/α-hetero) is 1. The van der Waals surface area contributed by atoms with Crippen molar-refractivity contribution in [2.75, 3.05) is 0 Å². The predicted molar refractivity (Wildman–Crippen MR) is 170 cm³/mol. The smallest absolute Gasteiger partial charge is 0.245 e. The maximum atomic E-state index is 13.5. The van der Waals surface area contributed by atoms with Crippen LogP contribution in [0.4, 0.5) is 0 Å². The summed E-state index contributed by atoms with van der Waals surface area (Å²) in [6.45, 7) is 0.802. The number of allylic oxidation sites excluding steroid dienone is 1. The first-order valence-electron chi connectivity index (χ1n) is 14.4. The first kappa shape index (κ1) is 27.6. The molecule has 0 bridgehead atoms. The molecule has 5 nitrogen and oxygen atoms in total. The van der Waals surface area contributed by atoms with Gasteiger partial charge in [-0.25, -0.2) is 9.13 Å². The van der Waals surface area contributed by atoms with Crippen molar-refractivity contribution >= 4 is 55.1 Å². The van der Waals surface area contributed by atoms with Crippen LogP contribution < -0.4 is 21.5 Å². The van der Waals surface area contributed by atoms with E-state index in [9.17, 15) is 4.79 Å². The SMILES string of the molecule is O=C(C[n+]1cn(CC=C(c2cc3ccccc3o2)c2cc3ccccc3o2)c2ccccc21)c1ccc2ccccc2c1.[Br-]. The molecule has 8 aromatic rings. The van der Waals surface area contributed by atoms with Crippen molar-refractivity contribution in [2.24, 2.45) is 0 Å². The number of carbonyl (C=O) groups is 1. The highest BCUT2D eigenvalue weighted by molar-refractivity contribution is 5.99. The predicted octanol–water partition coefficient (Wildman–Crippen LogP) is 5.59. The lowest BCUT2D eigenvalue weighted by molar-refractivity contribution is -0.657. The fourth-order valence-corrected chi connectivity index (χ4v) is 5.86. The Labute approximate surface area is 264 Å². The van der Waals surface area contributed by atoms with Gasteiger partial charge in [-0.15, -0.1) is 0 Å². The van der Waals surface area contributed by atoms with Gasteiger partial charge in [0.25, 0.3) is 0 Å². The molecule has 6 heteroatoms. The van der Waals surface area contributed by atoms with Crippen molar-refractivity contribution in [3.05, 3.63) is 157 Å². The molecule has 0 spiro atoms. The van der Waals surface area contributed by atoms with Crippen LogP contribution in [0.1, 0.15) is 21.9 Å². The summed E-state index contributed by atoms with van der Waals surface area (Å²) >= 11 is 0. The number of nitrogens with zero attached hydrogens (tertiary/aromatic N) is 2. The first-order chi connectivity index (χ1) is 21.2. The molecule has 3 aromatic heterocycles. The molecule has 0 fully saturated rings. The number of ketones is 1. The molecule has 0 aliphatic heterocycles. The molecule has 0 saturated carbocycles. The van der Waals surface area contributed by atoms with Crippen molar-refractivity contribution in [2.45, 2.75) is 13.1 Å². The van der Waals surface area contributed by atoms with Crippen molar-refractivity contribution in [3.63, 3.8) is 0 Å². The minimum atomic E-state index is 0. The van der Waals surface area contributed by atoms with Gasteiger partial charge in [0.2, 0.25) is 12.1 Å². The van der Waals surface area contributed by atoms with Crippen molar-refractivity contribution in [3.8, 4) is 0 Å². The molecular weight excluding hydrogens is 612 g/mol. The Kier molecular flexibility index (Phi) is 7.20. The van der Waals surface area contributed by atoms with Crippen molar-refractivity contribution in [1.82, 2.24) is 4.57 Å². The van der Waals surface area contributed by atoms with Crippen LogP contribution in [0.15, 0.2) is 149 Å². The van der Waals surface area contributed by atoms with E-state index < -0.39 is 0 Å². The van der Waals surface area contributed by atoms with Crippen LogP contribution in [-0.4, -0.2) is 10.4 Å². The van der Waals surface area contributed by atoms with Gasteiger partial charge >= 0.3 is 0 Å². The molecule has 0 N–H and O–H groups in total. The summed E-state index contributed by atoms with van der Waals surface area (Å²) < 4.78 is 16.8. The van der Waals surface area contributed by atoms with E-state index in [1.165, 1.54) is 0 Å². The number of fused-ring (bicyclic) bond motifs is 4. The van der Waals surface area contributed by atoms with E-state index in [-0.39, 0.29) is 29.3 Å². The van der Waals surface area contributed by atoms with Crippen LogP contribution in [0.2, 0.25) is 0 Å². The number of halogens is 1. The number of aromatic nitrogens is 2. The van der Waals surface area contributed by atoms with Gasteiger partial charge in [0.1, 0.15) is 29.2 Å². The van der Waals surface area contributed by atoms with Gasteiger partial charge < -0.3 is 25.8 Å². The van der Waals surface area contributed by atoms with Gasteiger partial charge in [-0.1, -0.05) is 84.9 Å². The summed E-state index contributed by atoms with van der Waals surface area (Å²) in [5, 5.41) is 4.27. The van der Waals surface area contributed by atoms with Crippen molar-refractivity contribution in [1.29, 1.82) is 0 Å². The van der Waals surface area contributed by atoms with E-state index in [2.05, 4.69) is 41.0 Å². The van der Waals surface area contributed by atoms with Crippen LogP contribution in [0.25, 0.3) is 49.3 Å². The Morgan fingerprint density at radius 1 is 0.659 bits per heavy atom. The Hall–Kier alpha value is -5.20. The summed E-state index contributed by atoms with van der Waals surface area (Å²) in [5.74, 6) is 1.56.